The highest BCUT2D eigenvalue weighted by molar-refractivity contribution is 7.98. The van der Waals surface area contributed by atoms with Crippen molar-refractivity contribution in [2.24, 2.45) is 0 Å². The zero-order valence-corrected chi connectivity index (χ0v) is 13.2. The van der Waals surface area contributed by atoms with Crippen LogP contribution in [0.25, 0.3) is 0 Å². The van der Waals surface area contributed by atoms with Crippen molar-refractivity contribution >= 4 is 33.1 Å². The average molecular weight is 308 g/mol. The lowest BCUT2D eigenvalue weighted by Crippen LogP contribution is -2.24. The van der Waals surface area contributed by atoms with Crippen molar-refractivity contribution in [1.82, 2.24) is 10.0 Å². The third-order valence-corrected chi connectivity index (χ3v) is 6.00. The lowest BCUT2D eigenvalue weighted by molar-refractivity contribution is 0.583. The van der Waals surface area contributed by atoms with E-state index in [9.17, 15) is 8.42 Å². The van der Waals surface area contributed by atoms with Gasteiger partial charge in [0.15, 0.2) is 0 Å². The topological polar surface area (TPSA) is 58.2 Å². The average Bonchev–Trinajstić information content (AvgIpc) is 2.81. The second-order valence-corrected chi connectivity index (χ2v) is 7.89. The van der Waals surface area contributed by atoms with Crippen molar-refractivity contribution in [3.63, 3.8) is 0 Å². The molecule has 7 heteroatoms. The maximum Gasteiger partial charge on any atom is 0.250 e. The molecular weight excluding hydrogens is 288 g/mol. The predicted octanol–water partition coefficient (Wildman–Crippen LogP) is 1.89. The Balaban J connectivity index is 2.53. The van der Waals surface area contributed by atoms with Crippen molar-refractivity contribution in [2.75, 3.05) is 25.1 Å². The molecule has 1 heterocycles. The lowest BCUT2D eigenvalue weighted by atomic mass is 10.4. The third-order valence-electron chi connectivity index (χ3n) is 2.27. The van der Waals surface area contributed by atoms with Crippen molar-refractivity contribution in [3.8, 4) is 0 Å². The Morgan fingerprint density at radius 3 is 2.83 bits per heavy atom. The number of nitrogens with one attached hydrogen (secondary N) is 2. The summed E-state index contributed by atoms with van der Waals surface area (Å²) < 4.78 is 26.9. The van der Waals surface area contributed by atoms with Crippen molar-refractivity contribution in [3.05, 3.63) is 17.0 Å². The van der Waals surface area contributed by atoms with Crippen molar-refractivity contribution < 1.29 is 8.42 Å². The van der Waals surface area contributed by atoms with Gasteiger partial charge in [-0.1, -0.05) is 6.92 Å². The molecule has 2 N–H and O–H groups in total. The van der Waals surface area contributed by atoms with Crippen LogP contribution in [0.4, 0.5) is 0 Å². The summed E-state index contributed by atoms with van der Waals surface area (Å²) in [5, 5.41) is 3.18. The standard InChI is InChI=1S/C11H20N2O2S3/c1-3-12-9-10-5-6-11(17-10)18(14,15)13-7-4-8-16-2/h5-6,12-13H,3-4,7-9H2,1-2H3. The molecule has 0 aliphatic rings. The molecule has 0 spiro atoms. The molecule has 0 radical (unpaired) electrons. The van der Waals surface area contributed by atoms with E-state index < -0.39 is 10.0 Å². The quantitative estimate of drug-likeness (QED) is 0.684. The predicted molar refractivity (Wildman–Crippen MR) is 79.9 cm³/mol. The second-order valence-electron chi connectivity index (χ2n) is 3.75. The zero-order chi connectivity index (χ0) is 13.4. The van der Waals surface area contributed by atoms with Crippen LogP contribution in [0, 0.1) is 0 Å². The smallest absolute Gasteiger partial charge is 0.250 e. The Labute approximate surface area is 118 Å². The fraction of sp³-hybridized carbons (Fsp3) is 0.636. The van der Waals surface area contributed by atoms with Crippen LogP contribution in [0.15, 0.2) is 16.3 Å². The van der Waals surface area contributed by atoms with E-state index >= 15 is 0 Å². The monoisotopic (exact) mass is 308 g/mol. The van der Waals surface area contributed by atoms with Crippen LogP contribution < -0.4 is 10.0 Å². The largest absolute Gasteiger partial charge is 0.312 e. The van der Waals surface area contributed by atoms with E-state index in [0.717, 1.165) is 30.1 Å². The summed E-state index contributed by atoms with van der Waals surface area (Å²) in [5.41, 5.74) is 0. The molecule has 104 valence electrons. The highest BCUT2D eigenvalue weighted by atomic mass is 32.2. The first-order chi connectivity index (χ1) is 8.60. The Hall–Kier alpha value is -0.0800. The molecule has 1 aromatic heterocycles. The van der Waals surface area contributed by atoms with Gasteiger partial charge in [0.05, 0.1) is 0 Å². The maximum atomic E-state index is 12.0. The fourth-order valence-electron chi connectivity index (χ4n) is 1.34. The molecule has 18 heavy (non-hydrogen) atoms. The molecule has 0 bridgehead atoms. The first-order valence-corrected chi connectivity index (χ1v) is 9.57. The SMILES string of the molecule is CCNCc1ccc(S(=O)(=O)NCCCSC)s1. The number of hydrogen-bond acceptors (Lipinski definition) is 5. The van der Waals surface area contributed by atoms with Gasteiger partial charge in [0.25, 0.3) is 0 Å². The van der Waals surface area contributed by atoms with Gasteiger partial charge in [-0.25, -0.2) is 13.1 Å². The molecule has 0 amide bonds. The van der Waals surface area contributed by atoms with E-state index in [0.29, 0.717) is 10.8 Å². The summed E-state index contributed by atoms with van der Waals surface area (Å²) >= 11 is 3.05. The summed E-state index contributed by atoms with van der Waals surface area (Å²) in [7, 11) is -3.31. The summed E-state index contributed by atoms with van der Waals surface area (Å²) in [6.45, 7) is 4.14. The number of hydrogen-bond donors (Lipinski definition) is 2. The van der Waals surface area contributed by atoms with Crippen LogP contribution in [-0.2, 0) is 16.6 Å². The molecule has 0 unspecified atom stereocenters. The van der Waals surface area contributed by atoms with Crippen LogP contribution in [0.1, 0.15) is 18.2 Å². The highest BCUT2D eigenvalue weighted by Gasteiger charge is 2.15. The molecule has 1 aromatic rings. The summed E-state index contributed by atoms with van der Waals surface area (Å²) in [5.74, 6) is 0.971. The molecule has 4 nitrogen and oxygen atoms in total. The molecule has 0 aliphatic carbocycles. The number of thiophene rings is 1. The summed E-state index contributed by atoms with van der Waals surface area (Å²) in [4.78, 5) is 1.04. The summed E-state index contributed by atoms with van der Waals surface area (Å²) in [6.07, 6.45) is 2.87. The molecule has 0 atom stereocenters. The van der Waals surface area contributed by atoms with Crippen molar-refractivity contribution in [1.29, 1.82) is 0 Å². The first kappa shape index (κ1) is 16.0. The minimum absolute atomic E-state index is 0.402. The van der Waals surface area contributed by atoms with E-state index in [1.807, 2.05) is 19.2 Å². The van der Waals surface area contributed by atoms with Gasteiger partial charge in [0.1, 0.15) is 4.21 Å². The zero-order valence-electron chi connectivity index (χ0n) is 10.7. The fourth-order valence-corrected chi connectivity index (χ4v) is 4.22. The van der Waals surface area contributed by atoms with Crippen LogP contribution in [-0.4, -0.2) is 33.5 Å². The van der Waals surface area contributed by atoms with Gasteiger partial charge in [0, 0.05) is 18.0 Å². The second kappa shape index (κ2) is 8.16. The molecule has 0 saturated heterocycles. The highest BCUT2D eigenvalue weighted by Crippen LogP contribution is 2.21. The van der Waals surface area contributed by atoms with Crippen molar-refractivity contribution in [2.45, 2.75) is 24.1 Å². The van der Waals surface area contributed by atoms with Gasteiger partial charge in [-0.15, -0.1) is 11.3 Å². The van der Waals surface area contributed by atoms with Crippen LogP contribution in [0.2, 0.25) is 0 Å². The van der Waals surface area contributed by atoms with Crippen LogP contribution in [0.3, 0.4) is 0 Å². The van der Waals surface area contributed by atoms with Gasteiger partial charge < -0.3 is 5.32 Å². The molecule has 0 aliphatic heterocycles. The minimum atomic E-state index is -3.31. The van der Waals surface area contributed by atoms with E-state index in [2.05, 4.69) is 10.0 Å². The molecule has 0 fully saturated rings. The van der Waals surface area contributed by atoms with E-state index in [4.69, 9.17) is 0 Å². The van der Waals surface area contributed by atoms with Crippen LogP contribution >= 0.6 is 23.1 Å². The van der Waals surface area contributed by atoms with Gasteiger partial charge in [0.2, 0.25) is 10.0 Å². The molecule has 0 aromatic carbocycles. The molecular formula is C11H20N2O2S3. The first-order valence-electron chi connectivity index (χ1n) is 5.88. The Morgan fingerprint density at radius 1 is 1.39 bits per heavy atom. The van der Waals surface area contributed by atoms with E-state index in [-0.39, 0.29) is 0 Å². The van der Waals surface area contributed by atoms with Gasteiger partial charge in [-0.05, 0) is 37.1 Å². The summed E-state index contributed by atoms with van der Waals surface area (Å²) in [6, 6.07) is 3.54. The number of sulfonamides is 1. The van der Waals surface area contributed by atoms with Crippen LogP contribution in [0.5, 0.6) is 0 Å². The van der Waals surface area contributed by atoms with E-state index in [1.54, 1.807) is 17.8 Å². The minimum Gasteiger partial charge on any atom is -0.312 e. The number of thioether (sulfide) groups is 1. The lowest BCUT2D eigenvalue weighted by Gasteiger charge is -2.03. The Kier molecular flexibility index (Phi) is 7.25. The Bertz CT molecular complexity index is 443. The third kappa shape index (κ3) is 5.27. The normalized spacial score (nSPS) is 11.9. The molecule has 0 saturated carbocycles. The molecule has 1 rings (SSSR count). The Morgan fingerprint density at radius 2 is 2.17 bits per heavy atom. The maximum absolute atomic E-state index is 12.0. The van der Waals surface area contributed by atoms with Gasteiger partial charge in [-0.3, -0.25) is 0 Å². The van der Waals surface area contributed by atoms with Gasteiger partial charge in [-0.2, -0.15) is 11.8 Å². The number of rotatable bonds is 9. The van der Waals surface area contributed by atoms with E-state index in [1.165, 1.54) is 11.3 Å². The van der Waals surface area contributed by atoms with Gasteiger partial charge >= 0.3 is 0 Å².